The zero-order chi connectivity index (χ0) is 18.2. The van der Waals surface area contributed by atoms with Crippen LogP contribution in [0.2, 0.25) is 0 Å². The molecule has 1 atom stereocenters. The van der Waals surface area contributed by atoms with Crippen LogP contribution in [0.5, 0.6) is 0 Å². The van der Waals surface area contributed by atoms with E-state index in [0.29, 0.717) is 24.3 Å². The third-order valence-electron chi connectivity index (χ3n) is 4.20. The first-order valence-electron chi connectivity index (χ1n) is 8.90. The van der Waals surface area contributed by atoms with Crippen molar-refractivity contribution in [3.05, 3.63) is 0 Å². The summed E-state index contributed by atoms with van der Waals surface area (Å²) in [5.74, 6) is 2.90. The van der Waals surface area contributed by atoms with Gasteiger partial charge < -0.3 is 10.2 Å². The van der Waals surface area contributed by atoms with Gasteiger partial charge in [0.05, 0.1) is 5.75 Å². The first-order valence-corrected chi connectivity index (χ1v) is 11.6. The molecule has 0 aromatic rings. The number of thioether (sulfide) groups is 1. The van der Waals surface area contributed by atoms with E-state index in [1.54, 1.807) is 14.0 Å². The summed E-state index contributed by atoms with van der Waals surface area (Å²) in [5, 5.41) is 4.02. The summed E-state index contributed by atoms with van der Waals surface area (Å²) in [6, 6.07) is 0. The maximum Gasteiger partial charge on any atom is 0.213 e. The van der Waals surface area contributed by atoms with E-state index in [1.807, 2.05) is 0 Å². The SMILES string of the molecule is CCNC(=NCCCN(C)S(=O)(=O)CC)N1CCSC(C(C)C)C1. The largest absolute Gasteiger partial charge is 0.357 e. The zero-order valence-corrected chi connectivity index (χ0v) is 17.4. The van der Waals surface area contributed by atoms with Gasteiger partial charge >= 0.3 is 0 Å². The number of rotatable bonds is 8. The fraction of sp³-hybridized carbons (Fsp3) is 0.938. The van der Waals surface area contributed by atoms with Crippen molar-refractivity contribution in [1.82, 2.24) is 14.5 Å². The zero-order valence-electron chi connectivity index (χ0n) is 15.8. The fourth-order valence-electron chi connectivity index (χ4n) is 2.53. The van der Waals surface area contributed by atoms with E-state index in [2.05, 4.69) is 42.7 Å². The van der Waals surface area contributed by atoms with E-state index >= 15 is 0 Å². The number of hydrogen-bond donors (Lipinski definition) is 1. The summed E-state index contributed by atoms with van der Waals surface area (Å²) in [7, 11) is -1.45. The number of nitrogens with one attached hydrogen (secondary N) is 1. The van der Waals surface area contributed by atoms with E-state index in [9.17, 15) is 8.42 Å². The molecule has 1 heterocycles. The summed E-state index contributed by atoms with van der Waals surface area (Å²) in [6.07, 6.45) is 0.737. The molecule has 6 nitrogen and oxygen atoms in total. The predicted molar refractivity (Wildman–Crippen MR) is 105 cm³/mol. The van der Waals surface area contributed by atoms with E-state index in [0.717, 1.165) is 37.8 Å². The van der Waals surface area contributed by atoms with Crippen molar-refractivity contribution in [1.29, 1.82) is 0 Å². The molecule has 0 aromatic heterocycles. The lowest BCUT2D eigenvalue weighted by Crippen LogP contribution is -2.49. The molecule has 0 spiro atoms. The summed E-state index contributed by atoms with van der Waals surface area (Å²) < 4.78 is 24.9. The van der Waals surface area contributed by atoms with Crippen LogP contribution in [0.4, 0.5) is 0 Å². The number of aliphatic imine (C=N–C) groups is 1. The van der Waals surface area contributed by atoms with Crippen LogP contribution in [0, 0.1) is 5.92 Å². The molecule has 24 heavy (non-hydrogen) atoms. The third-order valence-corrected chi connectivity index (χ3v) is 7.61. The highest BCUT2D eigenvalue weighted by molar-refractivity contribution is 8.00. The topological polar surface area (TPSA) is 65.0 Å². The van der Waals surface area contributed by atoms with Gasteiger partial charge in [0.15, 0.2) is 5.96 Å². The van der Waals surface area contributed by atoms with E-state index in [-0.39, 0.29) is 5.75 Å². The van der Waals surface area contributed by atoms with Crippen LogP contribution >= 0.6 is 11.8 Å². The lowest BCUT2D eigenvalue weighted by atomic mass is 10.1. The molecule has 1 aliphatic heterocycles. The summed E-state index contributed by atoms with van der Waals surface area (Å²) in [6.45, 7) is 12.3. The van der Waals surface area contributed by atoms with Crippen LogP contribution in [0.15, 0.2) is 4.99 Å². The minimum atomic E-state index is -3.09. The third kappa shape index (κ3) is 6.80. The highest BCUT2D eigenvalue weighted by Gasteiger charge is 2.24. The number of sulfonamides is 1. The van der Waals surface area contributed by atoms with Gasteiger partial charge in [0.2, 0.25) is 10.0 Å². The molecule has 8 heteroatoms. The van der Waals surface area contributed by atoms with Gasteiger partial charge in [-0.2, -0.15) is 11.8 Å². The van der Waals surface area contributed by atoms with Crippen molar-refractivity contribution >= 4 is 27.7 Å². The predicted octanol–water partition coefficient (Wildman–Crippen LogP) is 1.70. The standard InChI is InChI=1S/C16H34N4O2S2/c1-6-17-16(20-11-12-23-15(13-20)14(3)4)18-9-8-10-19(5)24(21,22)7-2/h14-15H,6-13H2,1-5H3,(H,17,18). The molecule has 0 aliphatic carbocycles. The molecule has 0 radical (unpaired) electrons. The molecule has 0 amide bonds. The Morgan fingerprint density at radius 3 is 2.71 bits per heavy atom. The van der Waals surface area contributed by atoms with Crippen molar-refractivity contribution < 1.29 is 8.42 Å². The van der Waals surface area contributed by atoms with Crippen molar-refractivity contribution in [2.45, 2.75) is 39.4 Å². The average molecular weight is 379 g/mol. The monoisotopic (exact) mass is 378 g/mol. The van der Waals surface area contributed by atoms with E-state index in [4.69, 9.17) is 4.99 Å². The molecule has 0 bridgehead atoms. The molecule has 142 valence electrons. The van der Waals surface area contributed by atoms with Crippen LogP contribution in [0.3, 0.4) is 0 Å². The van der Waals surface area contributed by atoms with Crippen molar-refractivity contribution in [2.75, 3.05) is 51.3 Å². The molecular formula is C16H34N4O2S2. The minimum absolute atomic E-state index is 0.150. The molecule has 1 saturated heterocycles. The molecule has 0 aromatic carbocycles. The Morgan fingerprint density at radius 1 is 1.42 bits per heavy atom. The van der Waals surface area contributed by atoms with Crippen molar-refractivity contribution in [3.63, 3.8) is 0 Å². The van der Waals surface area contributed by atoms with Crippen molar-refractivity contribution in [3.8, 4) is 0 Å². The minimum Gasteiger partial charge on any atom is -0.357 e. The molecule has 0 saturated carbocycles. The first-order chi connectivity index (χ1) is 11.3. The number of nitrogens with zero attached hydrogens (tertiary/aromatic N) is 3. The van der Waals surface area contributed by atoms with Crippen LogP contribution in [0.25, 0.3) is 0 Å². The van der Waals surface area contributed by atoms with Crippen LogP contribution in [-0.4, -0.2) is 80.1 Å². The van der Waals surface area contributed by atoms with Gasteiger partial charge in [-0.1, -0.05) is 13.8 Å². The smallest absolute Gasteiger partial charge is 0.213 e. The molecule has 1 unspecified atom stereocenters. The van der Waals surface area contributed by atoms with E-state index < -0.39 is 10.0 Å². The highest BCUT2D eigenvalue weighted by atomic mass is 32.2. The van der Waals surface area contributed by atoms with Crippen LogP contribution < -0.4 is 5.32 Å². The quantitative estimate of drug-likeness (QED) is 0.396. The Bertz CT molecular complexity index is 494. The number of guanidine groups is 1. The summed E-state index contributed by atoms with van der Waals surface area (Å²) in [4.78, 5) is 7.06. The second-order valence-electron chi connectivity index (χ2n) is 6.41. The van der Waals surface area contributed by atoms with Gasteiger partial charge in [-0.3, -0.25) is 4.99 Å². The van der Waals surface area contributed by atoms with Gasteiger partial charge in [0.25, 0.3) is 0 Å². The molecule has 1 aliphatic rings. The van der Waals surface area contributed by atoms with E-state index in [1.165, 1.54) is 4.31 Å². The number of hydrogen-bond acceptors (Lipinski definition) is 4. The second-order valence-corrected chi connectivity index (χ2v) is 10.1. The summed E-state index contributed by atoms with van der Waals surface area (Å²) in [5.41, 5.74) is 0. The fourth-order valence-corrected chi connectivity index (χ4v) is 4.68. The molecule has 1 N–H and O–H groups in total. The van der Waals surface area contributed by atoms with Crippen LogP contribution in [-0.2, 0) is 10.0 Å². The summed E-state index contributed by atoms with van der Waals surface area (Å²) >= 11 is 2.05. The maximum atomic E-state index is 11.7. The first kappa shape index (κ1) is 21.6. The Kier molecular flexibility index (Phi) is 9.44. The van der Waals surface area contributed by atoms with Crippen LogP contribution in [0.1, 0.15) is 34.1 Å². The maximum absolute atomic E-state index is 11.7. The van der Waals surface area contributed by atoms with Gasteiger partial charge in [0.1, 0.15) is 0 Å². The van der Waals surface area contributed by atoms with Gasteiger partial charge in [-0.15, -0.1) is 0 Å². The Balaban J connectivity index is 2.56. The molecular weight excluding hydrogens is 344 g/mol. The Morgan fingerprint density at radius 2 is 2.12 bits per heavy atom. The molecule has 1 rings (SSSR count). The lowest BCUT2D eigenvalue weighted by Gasteiger charge is -2.36. The molecule has 1 fully saturated rings. The lowest BCUT2D eigenvalue weighted by molar-refractivity contribution is 0.380. The van der Waals surface area contributed by atoms with Gasteiger partial charge in [-0.05, 0) is 26.2 Å². The Labute approximate surface area is 152 Å². The van der Waals surface area contributed by atoms with Gasteiger partial charge in [-0.25, -0.2) is 12.7 Å². The average Bonchev–Trinajstić information content (AvgIpc) is 2.57. The van der Waals surface area contributed by atoms with Gasteiger partial charge in [0, 0.05) is 50.8 Å². The highest BCUT2D eigenvalue weighted by Crippen LogP contribution is 2.24. The second kappa shape index (κ2) is 10.5. The normalized spacial score (nSPS) is 20.0. The van der Waals surface area contributed by atoms with Crippen molar-refractivity contribution in [2.24, 2.45) is 10.9 Å². The Hall–Kier alpha value is -0.470.